The van der Waals surface area contributed by atoms with E-state index in [1.54, 1.807) is 0 Å². The largest absolute Gasteiger partial charge is 0.393 e. The molecule has 1 aliphatic rings. The lowest BCUT2D eigenvalue weighted by molar-refractivity contribution is 0.0262. The molecule has 1 rings (SSSR count). The summed E-state index contributed by atoms with van der Waals surface area (Å²) in [5.74, 6) is 2.70. The van der Waals surface area contributed by atoms with E-state index in [0.29, 0.717) is 17.8 Å². The molecule has 3 unspecified atom stereocenters. The molecule has 0 aromatic carbocycles. The Balaban J connectivity index is 2.51. The van der Waals surface area contributed by atoms with Crippen molar-refractivity contribution in [3.8, 4) is 0 Å². The van der Waals surface area contributed by atoms with Gasteiger partial charge in [-0.2, -0.15) is 0 Å². The Labute approximate surface area is 114 Å². The summed E-state index contributed by atoms with van der Waals surface area (Å²) >= 11 is 0. The van der Waals surface area contributed by atoms with E-state index in [1.165, 1.54) is 12.8 Å². The van der Waals surface area contributed by atoms with Crippen LogP contribution in [0.3, 0.4) is 0 Å². The van der Waals surface area contributed by atoms with Crippen LogP contribution in [0.25, 0.3) is 0 Å². The van der Waals surface area contributed by atoms with Crippen LogP contribution in [0.1, 0.15) is 53.9 Å². The molecule has 0 bridgehead atoms. The minimum absolute atomic E-state index is 0.0666. The molecule has 1 fully saturated rings. The van der Waals surface area contributed by atoms with Gasteiger partial charge in [-0.3, -0.25) is 0 Å². The van der Waals surface area contributed by atoms with E-state index in [-0.39, 0.29) is 6.10 Å². The standard InChI is InChI=1S/C16H33NO/c1-12(2)9-17(10-13(3)4)11-15-8-14(5)6-7-16(15)18/h12-16,18H,6-11H2,1-5H3. The Bertz CT molecular complexity index is 217. The summed E-state index contributed by atoms with van der Waals surface area (Å²) in [6, 6.07) is 0. The van der Waals surface area contributed by atoms with Gasteiger partial charge in [-0.15, -0.1) is 0 Å². The van der Waals surface area contributed by atoms with Crippen molar-refractivity contribution in [2.75, 3.05) is 19.6 Å². The first-order chi connectivity index (χ1) is 8.38. The van der Waals surface area contributed by atoms with E-state index in [4.69, 9.17) is 0 Å². The summed E-state index contributed by atoms with van der Waals surface area (Å²) in [4.78, 5) is 2.57. The Morgan fingerprint density at radius 1 is 1.06 bits per heavy atom. The zero-order valence-corrected chi connectivity index (χ0v) is 13.0. The van der Waals surface area contributed by atoms with E-state index >= 15 is 0 Å². The average Bonchev–Trinajstić information content (AvgIpc) is 2.21. The lowest BCUT2D eigenvalue weighted by atomic mass is 9.80. The SMILES string of the molecule is CC(C)CN(CC(C)C)CC1CC(C)CCC1O. The van der Waals surface area contributed by atoms with E-state index < -0.39 is 0 Å². The van der Waals surface area contributed by atoms with Crippen LogP contribution in [0.5, 0.6) is 0 Å². The predicted octanol–water partition coefficient (Wildman–Crippen LogP) is 3.40. The first kappa shape index (κ1) is 16.0. The van der Waals surface area contributed by atoms with Crippen molar-refractivity contribution >= 4 is 0 Å². The summed E-state index contributed by atoms with van der Waals surface area (Å²) in [6.45, 7) is 14.9. The molecule has 0 radical (unpaired) electrons. The quantitative estimate of drug-likeness (QED) is 0.786. The third-order valence-corrected chi connectivity index (χ3v) is 3.94. The number of nitrogens with zero attached hydrogens (tertiary/aromatic N) is 1. The van der Waals surface area contributed by atoms with Gasteiger partial charge in [-0.1, -0.05) is 34.6 Å². The van der Waals surface area contributed by atoms with Crippen molar-refractivity contribution in [2.45, 2.75) is 60.0 Å². The number of hydrogen-bond acceptors (Lipinski definition) is 2. The molecule has 0 saturated heterocycles. The van der Waals surface area contributed by atoms with Gasteiger partial charge in [0.15, 0.2) is 0 Å². The maximum absolute atomic E-state index is 10.2. The molecule has 0 spiro atoms. The molecular weight excluding hydrogens is 222 g/mol. The van der Waals surface area contributed by atoms with Crippen LogP contribution in [-0.4, -0.2) is 35.7 Å². The van der Waals surface area contributed by atoms with Gasteiger partial charge in [0.2, 0.25) is 0 Å². The number of rotatable bonds is 6. The summed E-state index contributed by atoms with van der Waals surface area (Å²) < 4.78 is 0. The number of aliphatic hydroxyl groups excluding tert-OH is 1. The molecule has 2 heteroatoms. The minimum atomic E-state index is -0.0666. The Morgan fingerprint density at radius 3 is 2.11 bits per heavy atom. The van der Waals surface area contributed by atoms with Gasteiger partial charge in [0.25, 0.3) is 0 Å². The lowest BCUT2D eigenvalue weighted by Gasteiger charge is -2.36. The Kier molecular flexibility index (Phi) is 6.65. The van der Waals surface area contributed by atoms with Crippen LogP contribution in [-0.2, 0) is 0 Å². The first-order valence-corrected chi connectivity index (χ1v) is 7.78. The van der Waals surface area contributed by atoms with Crippen LogP contribution >= 0.6 is 0 Å². The summed E-state index contributed by atoms with van der Waals surface area (Å²) in [7, 11) is 0. The zero-order chi connectivity index (χ0) is 13.7. The van der Waals surface area contributed by atoms with Gasteiger partial charge in [0.1, 0.15) is 0 Å². The lowest BCUT2D eigenvalue weighted by Crippen LogP contribution is -2.41. The molecular formula is C16H33NO. The fraction of sp³-hybridized carbons (Fsp3) is 1.00. The van der Waals surface area contributed by atoms with Crippen molar-refractivity contribution in [3.05, 3.63) is 0 Å². The first-order valence-electron chi connectivity index (χ1n) is 7.78. The number of hydrogen-bond donors (Lipinski definition) is 1. The molecule has 108 valence electrons. The van der Waals surface area contributed by atoms with Gasteiger partial charge in [-0.05, 0) is 42.9 Å². The molecule has 1 aliphatic carbocycles. The fourth-order valence-corrected chi connectivity index (χ4v) is 3.27. The van der Waals surface area contributed by atoms with Crippen molar-refractivity contribution in [3.63, 3.8) is 0 Å². The fourth-order valence-electron chi connectivity index (χ4n) is 3.27. The average molecular weight is 255 g/mol. The zero-order valence-electron chi connectivity index (χ0n) is 13.0. The van der Waals surface area contributed by atoms with Crippen LogP contribution in [0.2, 0.25) is 0 Å². The molecule has 1 saturated carbocycles. The summed E-state index contributed by atoms with van der Waals surface area (Å²) in [6.07, 6.45) is 3.34. The maximum atomic E-state index is 10.2. The third kappa shape index (κ3) is 5.71. The van der Waals surface area contributed by atoms with Gasteiger partial charge >= 0.3 is 0 Å². The van der Waals surface area contributed by atoms with Crippen LogP contribution < -0.4 is 0 Å². The van der Waals surface area contributed by atoms with Gasteiger partial charge in [-0.25, -0.2) is 0 Å². The maximum Gasteiger partial charge on any atom is 0.0580 e. The molecule has 0 aromatic rings. The molecule has 0 amide bonds. The smallest absolute Gasteiger partial charge is 0.0580 e. The highest BCUT2D eigenvalue weighted by molar-refractivity contribution is 4.81. The Morgan fingerprint density at radius 2 is 1.61 bits per heavy atom. The van der Waals surface area contributed by atoms with E-state index in [0.717, 1.165) is 32.0 Å². The molecule has 18 heavy (non-hydrogen) atoms. The second kappa shape index (κ2) is 7.49. The number of aliphatic hydroxyl groups is 1. The Hall–Kier alpha value is -0.0800. The third-order valence-electron chi connectivity index (χ3n) is 3.94. The molecule has 0 aliphatic heterocycles. The van der Waals surface area contributed by atoms with Gasteiger partial charge in [0, 0.05) is 19.6 Å². The van der Waals surface area contributed by atoms with Crippen molar-refractivity contribution < 1.29 is 5.11 Å². The molecule has 2 nitrogen and oxygen atoms in total. The molecule has 3 atom stereocenters. The highest BCUT2D eigenvalue weighted by Gasteiger charge is 2.28. The second-order valence-electron chi connectivity index (χ2n) is 7.25. The van der Waals surface area contributed by atoms with Crippen molar-refractivity contribution in [2.24, 2.45) is 23.7 Å². The van der Waals surface area contributed by atoms with Gasteiger partial charge < -0.3 is 10.0 Å². The topological polar surface area (TPSA) is 23.5 Å². The van der Waals surface area contributed by atoms with Crippen LogP contribution in [0.4, 0.5) is 0 Å². The molecule has 0 heterocycles. The van der Waals surface area contributed by atoms with E-state index in [2.05, 4.69) is 39.5 Å². The van der Waals surface area contributed by atoms with Gasteiger partial charge in [0.05, 0.1) is 6.10 Å². The van der Waals surface area contributed by atoms with Crippen molar-refractivity contribution in [1.29, 1.82) is 0 Å². The summed E-state index contributed by atoms with van der Waals surface area (Å²) in [5, 5.41) is 10.2. The van der Waals surface area contributed by atoms with Crippen LogP contribution in [0.15, 0.2) is 0 Å². The monoisotopic (exact) mass is 255 g/mol. The highest BCUT2D eigenvalue weighted by atomic mass is 16.3. The molecule has 1 N–H and O–H groups in total. The minimum Gasteiger partial charge on any atom is -0.393 e. The normalized spacial score (nSPS) is 29.5. The summed E-state index contributed by atoms with van der Waals surface area (Å²) in [5.41, 5.74) is 0. The highest BCUT2D eigenvalue weighted by Crippen LogP contribution is 2.29. The second-order valence-corrected chi connectivity index (χ2v) is 7.25. The van der Waals surface area contributed by atoms with E-state index in [1.807, 2.05) is 0 Å². The molecule has 0 aromatic heterocycles. The van der Waals surface area contributed by atoms with Crippen LogP contribution in [0, 0.1) is 23.7 Å². The van der Waals surface area contributed by atoms with Crippen molar-refractivity contribution in [1.82, 2.24) is 4.90 Å². The van der Waals surface area contributed by atoms with E-state index in [9.17, 15) is 5.11 Å². The predicted molar refractivity (Wildman–Crippen MR) is 78.6 cm³/mol.